The van der Waals surface area contributed by atoms with Gasteiger partial charge in [-0.3, -0.25) is 9.69 Å². The number of carbonyl (C=O) groups excluding carboxylic acids is 1. The maximum Gasteiger partial charge on any atom is 0.234 e. The monoisotopic (exact) mass is 394 g/mol. The molecule has 154 valence electrons. The van der Waals surface area contributed by atoms with Crippen LogP contribution in [-0.4, -0.2) is 37.1 Å². The molecule has 0 unspecified atom stereocenters. The summed E-state index contributed by atoms with van der Waals surface area (Å²) in [5.41, 5.74) is 3.57. The standard InChI is InChI=1S/C24H30N2O3/c1-17-7-3-4-8-20(17)18(2)25-24(27)16-26-12-5-9-21(26)19-10-11-22-23(15-19)29-14-6-13-28-22/h3-4,7-8,10-11,15,18,21H,5-6,9,12-14,16H2,1-2H3,(H,25,27)/t18-,21-/m1/s1. The molecule has 0 radical (unpaired) electrons. The molecule has 2 aliphatic heterocycles. The highest BCUT2D eigenvalue weighted by Gasteiger charge is 2.29. The number of amides is 1. The van der Waals surface area contributed by atoms with E-state index in [1.165, 1.54) is 16.7 Å². The lowest BCUT2D eigenvalue weighted by Gasteiger charge is -2.26. The van der Waals surface area contributed by atoms with Gasteiger partial charge < -0.3 is 14.8 Å². The first-order valence-corrected chi connectivity index (χ1v) is 10.6. The molecule has 1 saturated heterocycles. The van der Waals surface area contributed by atoms with Crippen LogP contribution in [0.15, 0.2) is 42.5 Å². The van der Waals surface area contributed by atoms with Gasteiger partial charge in [-0.05, 0) is 62.1 Å². The Labute approximate surface area is 173 Å². The molecular weight excluding hydrogens is 364 g/mol. The molecule has 0 aliphatic carbocycles. The number of carbonyl (C=O) groups is 1. The van der Waals surface area contributed by atoms with Crippen LogP contribution in [0.1, 0.15) is 55.0 Å². The Morgan fingerprint density at radius 1 is 1.14 bits per heavy atom. The number of benzene rings is 2. The van der Waals surface area contributed by atoms with Gasteiger partial charge in [-0.1, -0.05) is 30.3 Å². The summed E-state index contributed by atoms with van der Waals surface area (Å²) in [6, 6.07) is 14.7. The number of ether oxygens (including phenoxy) is 2. The number of likely N-dealkylation sites (tertiary alicyclic amines) is 1. The summed E-state index contributed by atoms with van der Waals surface area (Å²) < 4.78 is 11.6. The molecule has 2 aromatic carbocycles. The minimum Gasteiger partial charge on any atom is -0.490 e. The fraction of sp³-hybridized carbons (Fsp3) is 0.458. The van der Waals surface area contributed by atoms with Crippen molar-refractivity contribution in [2.24, 2.45) is 0 Å². The molecule has 0 spiro atoms. The van der Waals surface area contributed by atoms with E-state index in [0.29, 0.717) is 19.8 Å². The minimum atomic E-state index is 0.00259. The summed E-state index contributed by atoms with van der Waals surface area (Å²) in [6.45, 7) is 6.86. The molecule has 2 aliphatic rings. The quantitative estimate of drug-likeness (QED) is 0.827. The second-order valence-corrected chi connectivity index (χ2v) is 8.03. The molecule has 1 fully saturated rings. The van der Waals surface area contributed by atoms with Crippen LogP contribution in [0.5, 0.6) is 11.5 Å². The van der Waals surface area contributed by atoms with Gasteiger partial charge in [-0.2, -0.15) is 0 Å². The summed E-state index contributed by atoms with van der Waals surface area (Å²) in [7, 11) is 0. The smallest absolute Gasteiger partial charge is 0.234 e. The second-order valence-electron chi connectivity index (χ2n) is 8.03. The number of nitrogens with one attached hydrogen (secondary N) is 1. The molecule has 0 bridgehead atoms. The highest BCUT2D eigenvalue weighted by molar-refractivity contribution is 5.78. The van der Waals surface area contributed by atoms with E-state index in [1.54, 1.807) is 0 Å². The fourth-order valence-corrected chi connectivity index (χ4v) is 4.40. The number of hydrogen-bond donors (Lipinski definition) is 1. The van der Waals surface area contributed by atoms with Gasteiger partial charge in [0.2, 0.25) is 5.91 Å². The SMILES string of the molecule is Cc1ccccc1[C@@H](C)NC(=O)CN1CCC[C@@H]1c1ccc2c(c1)OCCCO2. The molecular formula is C24H30N2O3. The second kappa shape index (κ2) is 8.87. The molecule has 2 heterocycles. The van der Waals surface area contributed by atoms with E-state index in [1.807, 2.05) is 25.1 Å². The van der Waals surface area contributed by atoms with E-state index < -0.39 is 0 Å². The molecule has 4 rings (SSSR count). The predicted molar refractivity (Wildman–Crippen MR) is 113 cm³/mol. The van der Waals surface area contributed by atoms with Gasteiger partial charge in [0.25, 0.3) is 0 Å². The molecule has 2 aromatic rings. The van der Waals surface area contributed by atoms with Crippen molar-refractivity contribution in [1.82, 2.24) is 10.2 Å². The molecule has 5 nitrogen and oxygen atoms in total. The number of nitrogens with zero attached hydrogens (tertiary/aromatic N) is 1. The van der Waals surface area contributed by atoms with Crippen molar-refractivity contribution in [1.29, 1.82) is 0 Å². The Morgan fingerprint density at radius 3 is 2.76 bits per heavy atom. The van der Waals surface area contributed by atoms with Crippen LogP contribution in [0.3, 0.4) is 0 Å². The van der Waals surface area contributed by atoms with Crippen molar-refractivity contribution in [2.75, 3.05) is 26.3 Å². The minimum absolute atomic E-state index is 0.00259. The van der Waals surface area contributed by atoms with Crippen LogP contribution < -0.4 is 14.8 Å². The lowest BCUT2D eigenvalue weighted by molar-refractivity contribution is -0.123. The molecule has 0 aromatic heterocycles. The van der Waals surface area contributed by atoms with Crippen LogP contribution in [0.2, 0.25) is 0 Å². The number of fused-ring (bicyclic) bond motifs is 1. The van der Waals surface area contributed by atoms with Crippen molar-refractivity contribution in [3.8, 4) is 11.5 Å². The average molecular weight is 395 g/mol. The number of rotatable bonds is 5. The third-order valence-corrected chi connectivity index (χ3v) is 5.90. The van der Waals surface area contributed by atoms with Crippen LogP contribution in [0.25, 0.3) is 0 Å². The number of aryl methyl sites for hydroxylation is 1. The first-order valence-electron chi connectivity index (χ1n) is 10.6. The van der Waals surface area contributed by atoms with E-state index in [4.69, 9.17) is 9.47 Å². The van der Waals surface area contributed by atoms with Crippen LogP contribution >= 0.6 is 0 Å². The van der Waals surface area contributed by atoms with E-state index in [9.17, 15) is 4.79 Å². The van der Waals surface area contributed by atoms with E-state index >= 15 is 0 Å². The third-order valence-electron chi connectivity index (χ3n) is 5.90. The Kier molecular flexibility index (Phi) is 6.05. The van der Waals surface area contributed by atoms with Gasteiger partial charge in [0.15, 0.2) is 11.5 Å². The molecule has 29 heavy (non-hydrogen) atoms. The van der Waals surface area contributed by atoms with E-state index in [0.717, 1.165) is 37.3 Å². The molecule has 0 saturated carbocycles. The summed E-state index contributed by atoms with van der Waals surface area (Å²) >= 11 is 0. The zero-order chi connectivity index (χ0) is 20.2. The van der Waals surface area contributed by atoms with Gasteiger partial charge >= 0.3 is 0 Å². The van der Waals surface area contributed by atoms with Crippen molar-refractivity contribution in [3.05, 3.63) is 59.2 Å². The number of hydrogen-bond acceptors (Lipinski definition) is 4. The van der Waals surface area contributed by atoms with Crippen LogP contribution in [0.4, 0.5) is 0 Å². The topological polar surface area (TPSA) is 50.8 Å². The van der Waals surface area contributed by atoms with Gasteiger partial charge in [-0.15, -0.1) is 0 Å². The lowest BCUT2D eigenvalue weighted by Crippen LogP contribution is -2.38. The Hall–Kier alpha value is -2.53. The van der Waals surface area contributed by atoms with E-state index in [-0.39, 0.29) is 18.0 Å². The zero-order valence-corrected chi connectivity index (χ0v) is 17.3. The summed E-state index contributed by atoms with van der Waals surface area (Å²) in [5, 5.41) is 3.17. The summed E-state index contributed by atoms with van der Waals surface area (Å²) in [4.78, 5) is 15.0. The first-order chi connectivity index (χ1) is 14.1. The Morgan fingerprint density at radius 2 is 1.93 bits per heavy atom. The van der Waals surface area contributed by atoms with E-state index in [2.05, 4.69) is 41.4 Å². The Bertz CT molecular complexity index is 867. The van der Waals surface area contributed by atoms with Gasteiger partial charge in [-0.25, -0.2) is 0 Å². The summed E-state index contributed by atoms with van der Waals surface area (Å²) in [6.07, 6.45) is 3.05. The molecule has 5 heteroatoms. The predicted octanol–water partition coefficient (Wildman–Crippen LogP) is 4.17. The average Bonchev–Trinajstić information content (AvgIpc) is 3.03. The van der Waals surface area contributed by atoms with Crippen molar-refractivity contribution in [2.45, 2.75) is 45.2 Å². The molecule has 1 N–H and O–H groups in total. The first kappa shape index (κ1) is 19.8. The normalized spacial score (nSPS) is 20.1. The van der Waals surface area contributed by atoms with Crippen molar-refractivity contribution < 1.29 is 14.3 Å². The van der Waals surface area contributed by atoms with Crippen molar-refractivity contribution >= 4 is 5.91 Å². The maximum atomic E-state index is 12.8. The van der Waals surface area contributed by atoms with Crippen molar-refractivity contribution in [3.63, 3.8) is 0 Å². The van der Waals surface area contributed by atoms with Crippen LogP contribution in [0, 0.1) is 6.92 Å². The maximum absolute atomic E-state index is 12.8. The summed E-state index contributed by atoms with van der Waals surface area (Å²) in [5.74, 6) is 1.71. The Balaban J connectivity index is 1.41. The van der Waals surface area contributed by atoms with Gasteiger partial charge in [0, 0.05) is 12.5 Å². The largest absolute Gasteiger partial charge is 0.490 e. The highest BCUT2D eigenvalue weighted by Crippen LogP contribution is 2.37. The van der Waals surface area contributed by atoms with Crippen LogP contribution in [-0.2, 0) is 4.79 Å². The third kappa shape index (κ3) is 4.56. The molecule has 2 atom stereocenters. The van der Waals surface area contributed by atoms with Gasteiger partial charge in [0.05, 0.1) is 25.8 Å². The fourth-order valence-electron chi connectivity index (χ4n) is 4.40. The highest BCUT2D eigenvalue weighted by atomic mass is 16.5. The molecule has 1 amide bonds. The zero-order valence-electron chi connectivity index (χ0n) is 17.3. The van der Waals surface area contributed by atoms with Gasteiger partial charge in [0.1, 0.15) is 0 Å². The lowest BCUT2D eigenvalue weighted by atomic mass is 10.0.